The Kier molecular flexibility index (Phi) is 5.37. The molecule has 0 aliphatic heterocycles. The van der Waals surface area contributed by atoms with Crippen LogP contribution in [0.4, 0.5) is 5.95 Å². The quantitative estimate of drug-likeness (QED) is 0.804. The van der Waals surface area contributed by atoms with Gasteiger partial charge in [-0.25, -0.2) is 0 Å². The predicted octanol–water partition coefficient (Wildman–Crippen LogP) is 1.35. The third-order valence-electron chi connectivity index (χ3n) is 2.10. The molecule has 0 aliphatic rings. The van der Waals surface area contributed by atoms with Crippen molar-refractivity contribution in [1.82, 2.24) is 15.0 Å². The highest BCUT2D eigenvalue weighted by molar-refractivity contribution is 6.28. The molecule has 0 spiro atoms. The maximum atomic E-state index is 9.63. The van der Waals surface area contributed by atoms with Crippen LogP contribution >= 0.6 is 11.6 Å². The zero-order chi connectivity index (χ0) is 12.8. The number of aromatic nitrogens is 3. The van der Waals surface area contributed by atoms with Gasteiger partial charge in [0.25, 0.3) is 0 Å². The van der Waals surface area contributed by atoms with Crippen molar-refractivity contribution in [2.45, 2.75) is 26.9 Å². The van der Waals surface area contributed by atoms with Crippen LogP contribution in [0.15, 0.2) is 0 Å². The van der Waals surface area contributed by atoms with Gasteiger partial charge in [-0.2, -0.15) is 15.0 Å². The number of nitrogens with zero attached hydrogens (tertiary/aromatic N) is 3. The lowest BCUT2D eigenvalue weighted by atomic mass is 10.1. The van der Waals surface area contributed by atoms with Crippen LogP contribution in [0.3, 0.4) is 0 Å². The molecule has 1 aromatic rings. The number of anilines is 1. The Morgan fingerprint density at radius 3 is 2.65 bits per heavy atom. The number of nitrogens with one attached hydrogen (secondary N) is 1. The van der Waals surface area contributed by atoms with Crippen LogP contribution in [0.2, 0.25) is 5.28 Å². The topological polar surface area (TPSA) is 80.2 Å². The summed E-state index contributed by atoms with van der Waals surface area (Å²) in [5.74, 6) is 0.458. The lowest BCUT2D eigenvalue weighted by Crippen LogP contribution is -2.25. The molecule has 2 N–H and O–H groups in total. The van der Waals surface area contributed by atoms with Crippen molar-refractivity contribution in [3.8, 4) is 6.01 Å². The molecule has 17 heavy (non-hydrogen) atoms. The largest absolute Gasteiger partial charge is 0.464 e. The van der Waals surface area contributed by atoms with Crippen LogP contribution in [-0.2, 0) is 0 Å². The first-order chi connectivity index (χ1) is 8.02. The first-order valence-corrected chi connectivity index (χ1v) is 5.87. The second-order valence-electron chi connectivity index (χ2n) is 3.84. The molecular formula is C10H17ClN4O2. The minimum atomic E-state index is -0.471. The summed E-state index contributed by atoms with van der Waals surface area (Å²) in [7, 11) is 0. The van der Waals surface area contributed by atoms with Gasteiger partial charge in [0.05, 0.1) is 12.7 Å². The van der Waals surface area contributed by atoms with Crippen LogP contribution in [0, 0.1) is 5.92 Å². The van der Waals surface area contributed by atoms with Crippen LogP contribution in [0.1, 0.15) is 20.8 Å². The highest BCUT2D eigenvalue weighted by atomic mass is 35.5. The van der Waals surface area contributed by atoms with Gasteiger partial charge in [0.15, 0.2) is 0 Å². The number of halogens is 1. The molecule has 0 radical (unpaired) electrons. The Hall–Kier alpha value is -1.14. The van der Waals surface area contributed by atoms with E-state index in [9.17, 15) is 5.11 Å². The summed E-state index contributed by atoms with van der Waals surface area (Å²) in [5, 5.41) is 12.6. The molecule has 0 amide bonds. The second kappa shape index (κ2) is 6.56. The Bertz CT molecular complexity index is 362. The Labute approximate surface area is 105 Å². The van der Waals surface area contributed by atoms with Crippen molar-refractivity contribution in [1.29, 1.82) is 0 Å². The number of rotatable bonds is 6. The van der Waals surface area contributed by atoms with E-state index in [0.717, 1.165) is 0 Å². The molecule has 1 rings (SSSR count). The average molecular weight is 261 g/mol. The summed E-state index contributed by atoms with van der Waals surface area (Å²) in [5.41, 5.74) is 0. The third-order valence-corrected chi connectivity index (χ3v) is 2.27. The van der Waals surface area contributed by atoms with Gasteiger partial charge in [0.2, 0.25) is 11.2 Å². The lowest BCUT2D eigenvalue weighted by molar-refractivity contribution is 0.137. The second-order valence-corrected chi connectivity index (χ2v) is 4.17. The summed E-state index contributed by atoms with van der Waals surface area (Å²) in [6, 6.07) is 0.175. The fourth-order valence-electron chi connectivity index (χ4n) is 1.04. The van der Waals surface area contributed by atoms with Crippen LogP contribution < -0.4 is 10.1 Å². The van der Waals surface area contributed by atoms with Crippen molar-refractivity contribution in [2.75, 3.05) is 18.5 Å². The number of ether oxygens (including phenoxy) is 1. The molecule has 0 aromatic carbocycles. The van der Waals surface area contributed by atoms with E-state index in [2.05, 4.69) is 20.3 Å². The van der Waals surface area contributed by atoms with Crippen LogP contribution in [0.25, 0.3) is 0 Å². The first kappa shape index (κ1) is 13.9. The first-order valence-electron chi connectivity index (χ1n) is 5.49. The van der Waals surface area contributed by atoms with E-state index < -0.39 is 6.10 Å². The fourth-order valence-corrected chi connectivity index (χ4v) is 1.19. The van der Waals surface area contributed by atoms with E-state index >= 15 is 0 Å². The van der Waals surface area contributed by atoms with E-state index in [1.165, 1.54) is 0 Å². The highest BCUT2D eigenvalue weighted by Crippen LogP contribution is 2.11. The van der Waals surface area contributed by atoms with E-state index in [0.29, 0.717) is 19.1 Å². The summed E-state index contributed by atoms with van der Waals surface area (Å²) >= 11 is 5.72. The van der Waals surface area contributed by atoms with E-state index in [1.807, 2.05) is 20.8 Å². The number of hydrogen-bond acceptors (Lipinski definition) is 6. The van der Waals surface area contributed by atoms with Gasteiger partial charge >= 0.3 is 6.01 Å². The van der Waals surface area contributed by atoms with Gasteiger partial charge in [-0.15, -0.1) is 0 Å². The van der Waals surface area contributed by atoms with Crippen molar-refractivity contribution < 1.29 is 9.84 Å². The molecular weight excluding hydrogens is 244 g/mol. The molecule has 0 fully saturated rings. The zero-order valence-electron chi connectivity index (χ0n) is 10.1. The Balaban J connectivity index is 2.64. The van der Waals surface area contributed by atoms with E-state index in [4.69, 9.17) is 16.3 Å². The fraction of sp³-hybridized carbons (Fsp3) is 0.700. The molecule has 0 saturated carbocycles. The number of aliphatic hydroxyl groups is 1. The summed E-state index contributed by atoms with van der Waals surface area (Å²) in [6.07, 6.45) is -0.471. The van der Waals surface area contributed by atoms with E-state index in [-0.39, 0.29) is 17.2 Å². The van der Waals surface area contributed by atoms with Gasteiger partial charge < -0.3 is 15.2 Å². The zero-order valence-corrected chi connectivity index (χ0v) is 10.9. The summed E-state index contributed by atoms with van der Waals surface area (Å²) < 4.78 is 5.13. The minimum Gasteiger partial charge on any atom is -0.464 e. The summed E-state index contributed by atoms with van der Waals surface area (Å²) in [6.45, 7) is 6.49. The lowest BCUT2D eigenvalue weighted by Gasteiger charge is -2.15. The van der Waals surface area contributed by atoms with E-state index in [1.54, 1.807) is 0 Å². The maximum Gasteiger partial charge on any atom is 0.322 e. The average Bonchev–Trinajstić information content (AvgIpc) is 2.25. The highest BCUT2D eigenvalue weighted by Gasteiger charge is 2.11. The van der Waals surface area contributed by atoms with Crippen LogP contribution in [-0.4, -0.2) is 39.3 Å². The van der Waals surface area contributed by atoms with Gasteiger partial charge in [0.1, 0.15) is 0 Å². The normalized spacial score (nSPS) is 12.6. The summed E-state index contributed by atoms with van der Waals surface area (Å²) in [4.78, 5) is 11.7. The molecule has 1 aromatic heterocycles. The maximum absolute atomic E-state index is 9.63. The number of hydrogen-bond donors (Lipinski definition) is 2. The molecule has 96 valence electrons. The van der Waals surface area contributed by atoms with Crippen molar-refractivity contribution in [2.24, 2.45) is 5.92 Å². The van der Waals surface area contributed by atoms with Crippen molar-refractivity contribution in [3.05, 3.63) is 5.28 Å². The molecule has 0 aliphatic carbocycles. The molecule has 1 unspecified atom stereocenters. The van der Waals surface area contributed by atoms with Gasteiger partial charge in [-0.1, -0.05) is 13.8 Å². The van der Waals surface area contributed by atoms with Gasteiger partial charge in [-0.3, -0.25) is 0 Å². The van der Waals surface area contributed by atoms with Crippen molar-refractivity contribution >= 4 is 17.5 Å². The SMILES string of the molecule is CCOc1nc(Cl)nc(NCC(O)C(C)C)n1. The molecule has 0 saturated heterocycles. The Morgan fingerprint density at radius 2 is 2.06 bits per heavy atom. The smallest absolute Gasteiger partial charge is 0.322 e. The Morgan fingerprint density at radius 1 is 1.35 bits per heavy atom. The van der Waals surface area contributed by atoms with Gasteiger partial charge in [0, 0.05) is 6.54 Å². The van der Waals surface area contributed by atoms with Gasteiger partial charge in [-0.05, 0) is 24.4 Å². The molecule has 6 nitrogen and oxygen atoms in total. The molecule has 0 bridgehead atoms. The number of aliphatic hydroxyl groups excluding tert-OH is 1. The minimum absolute atomic E-state index is 0.0602. The monoisotopic (exact) mass is 260 g/mol. The standard InChI is InChI=1S/C10H17ClN4O2/c1-4-17-10-14-8(11)13-9(15-10)12-5-7(16)6(2)3/h6-7,16H,4-5H2,1-3H3,(H,12,13,14,15). The molecule has 1 atom stereocenters. The predicted molar refractivity (Wildman–Crippen MR) is 65.3 cm³/mol. The third kappa shape index (κ3) is 4.70. The molecule has 7 heteroatoms. The van der Waals surface area contributed by atoms with Crippen molar-refractivity contribution in [3.63, 3.8) is 0 Å². The molecule has 1 heterocycles. The van der Waals surface area contributed by atoms with Crippen LogP contribution in [0.5, 0.6) is 6.01 Å².